The average molecular weight is 329 g/mol. The number of nitrogens with one attached hydrogen (secondary N) is 2. The highest BCUT2D eigenvalue weighted by Gasteiger charge is 2.28. The van der Waals surface area contributed by atoms with Crippen molar-refractivity contribution in [2.45, 2.75) is 39.0 Å². The lowest BCUT2D eigenvalue weighted by Gasteiger charge is -2.29. The summed E-state index contributed by atoms with van der Waals surface area (Å²) in [6, 6.07) is 7.57. The van der Waals surface area contributed by atoms with Gasteiger partial charge >= 0.3 is 0 Å². The zero-order valence-electron chi connectivity index (χ0n) is 13.3. The third-order valence-corrected chi connectivity index (χ3v) is 3.58. The molecular weight excluding hydrogens is 304 g/mol. The summed E-state index contributed by atoms with van der Waals surface area (Å²) in [4.78, 5) is 12.1. The number of carbonyl (C=O) groups excluding carboxylic acids is 1. The van der Waals surface area contributed by atoms with Gasteiger partial charge in [0.15, 0.2) is 0 Å². The van der Waals surface area contributed by atoms with Crippen molar-refractivity contribution in [1.82, 2.24) is 10.6 Å². The molecule has 0 aromatic heterocycles. The molecule has 1 aliphatic heterocycles. The quantitative estimate of drug-likeness (QED) is 0.863. The molecule has 2 rings (SSSR count). The minimum absolute atomic E-state index is 0. The van der Waals surface area contributed by atoms with Gasteiger partial charge in [0, 0.05) is 6.54 Å². The van der Waals surface area contributed by atoms with Gasteiger partial charge in [0.1, 0.15) is 17.9 Å². The molecule has 1 saturated heterocycles. The summed E-state index contributed by atoms with van der Waals surface area (Å²) in [5.41, 5.74) is 1.09. The molecule has 6 heteroatoms. The first-order valence-corrected chi connectivity index (χ1v) is 7.43. The lowest BCUT2D eigenvalue weighted by Crippen LogP contribution is -2.56. The van der Waals surface area contributed by atoms with E-state index in [1.165, 1.54) is 0 Å². The minimum Gasteiger partial charge on any atom is -0.489 e. The molecule has 2 N–H and O–H groups in total. The first-order chi connectivity index (χ1) is 10.1. The number of ether oxygens (including phenoxy) is 2. The third-order valence-electron chi connectivity index (χ3n) is 3.58. The zero-order chi connectivity index (χ0) is 15.2. The van der Waals surface area contributed by atoms with E-state index in [1.807, 2.05) is 45.0 Å². The Morgan fingerprint density at radius 3 is 2.91 bits per heavy atom. The minimum atomic E-state index is -0.288. The first kappa shape index (κ1) is 18.7. The van der Waals surface area contributed by atoms with Gasteiger partial charge in [-0.2, -0.15) is 0 Å². The number of hydrogen-bond donors (Lipinski definition) is 2. The van der Waals surface area contributed by atoms with Gasteiger partial charge in [0.05, 0.1) is 19.3 Å². The van der Waals surface area contributed by atoms with Crippen molar-refractivity contribution in [2.75, 3.05) is 19.7 Å². The fourth-order valence-corrected chi connectivity index (χ4v) is 2.33. The molecule has 0 radical (unpaired) electrons. The molecule has 0 spiro atoms. The summed E-state index contributed by atoms with van der Waals surface area (Å²) >= 11 is 0. The van der Waals surface area contributed by atoms with Crippen LogP contribution in [0.5, 0.6) is 5.75 Å². The Balaban J connectivity index is 0.00000242. The molecule has 0 bridgehead atoms. The Morgan fingerprint density at radius 2 is 2.23 bits per heavy atom. The second-order valence-electron chi connectivity index (χ2n) is 5.45. The van der Waals surface area contributed by atoms with Crippen LogP contribution >= 0.6 is 12.4 Å². The normalized spacial score (nSPS) is 22.3. The van der Waals surface area contributed by atoms with Crippen LogP contribution in [-0.2, 0) is 9.53 Å². The summed E-state index contributed by atoms with van der Waals surface area (Å²) in [7, 11) is 0. The van der Waals surface area contributed by atoms with E-state index in [4.69, 9.17) is 9.47 Å². The Labute approximate surface area is 138 Å². The number of morpholine rings is 1. The van der Waals surface area contributed by atoms with E-state index in [-0.39, 0.29) is 36.6 Å². The zero-order valence-corrected chi connectivity index (χ0v) is 14.1. The fraction of sp³-hybridized carbons (Fsp3) is 0.562. The van der Waals surface area contributed by atoms with Crippen LogP contribution < -0.4 is 15.4 Å². The SMILES string of the molecule is Cc1ccccc1OC(C)CNC(=O)[C@H]1NCCO[C@@H]1C.Cl. The number of amides is 1. The predicted octanol–water partition coefficient (Wildman–Crippen LogP) is 1.68. The Kier molecular flexibility index (Phi) is 7.65. The van der Waals surface area contributed by atoms with Crippen molar-refractivity contribution >= 4 is 18.3 Å². The summed E-state index contributed by atoms with van der Waals surface area (Å²) in [5, 5.41) is 6.09. The van der Waals surface area contributed by atoms with Gasteiger partial charge in [-0.1, -0.05) is 18.2 Å². The molecule has 22 heavy (non-hydrogen) atoms. The van der Waals surface area contributed by atoms with Crippen LogP contribution in [0.15, 0.2) is 24.3 Å². The van der Waals surface area contributed by atoms with Crippen LogP contribution in [0.4, 0.5) is 0 Å². The van der Waals surface area contributed by atoms with E-state index in [1.54, 1.807) is 0 Å². The number of aryl methyl sites for hydroxylation is 1. The summed E-state index contributed by atoms with van der Waals surface area (Å²) < 4.78 is 11.3. The van der Waals surface area contributed by atoms with Crippen LogP contribution in [0, 0.1) is 6.92 Å². The van der Waals surface area contributed by atoms with E-state index >= 15 is 0 Å². The van der Waals surface area contributed by atoms with Gasteiger partial charge in [0.2, 0.25) is 5.91 Å². The van der Waals surface area contributed by atoms with Gasteiger partial charge in [-0.15, -0.1) is 12.4 Å². The Bertz CT molecular complexity index is 484. The second-order valence-corrected chi connectivity index (χ2v) is 5.45. The van der Waals surface area contributed by atoms with Crippen molar-refractivity contribution in [3.63, 3.8) is 0 Å². The maximum absolute atomic E-state index is 12.1. The van der Waals surface area contributed by atoms with Crippen LogP contribution in [-0.4, -0.2) is 43.9 Å². The monoisotopic (exact) mass is 328 g/mol. The third kappa shape index (κ3) is 5.16. The number of benzene rings is 1. The fourth-order valence-electron chi connectivity index (χ4n) is 2.33. The standard InChI is InChI=1S/C16H24N2O3.ClH/c1-11-6-4-5-7-14(11)21-12(2)10-18-16(19)15-13(3)20-9-8-17-15;/h4-7,12-13,15,17H,8-10H2,1-3H3,(H,18,19);1H/t12?,13-,15+;/m1./s1. The van der Waals surface area contributed by atoms with Crippen molar-refractivity contribution in [2.24, 2.45) is 0 Å². The van der Waals surface area contributed by atoms with Gasteiger partial charge in [0.25, 0.3) is 0 Å². The molecule has 1 aromatic rings. The molecule has 0 saturated carbocycles. The molecular formula is C16H25ClN2O3. The second kappa shape index (κ2) is 8.98. The smallest absolute Gasteiger partial charge is 0.239 e. The van der Waals surface area contributed by atoms with E-state index in [9.17, 15) is 4.79 Å². The van der Waals surface area contributed by atoms with Gasteiger partial charge in [-0.25, -0.2) is 0 Å². The van der Waals surface area contributed by atoms with E-state index in [2.05, 4.69) is 10.6 Å². The van der Waals surface area contributed by atoms with Crippen LogP contribution in [0.2, 0.25) is 0 Å². The topological polar surface area (TPSA) is 59.6 Å². The van der Waals surface area contributed by atoms with Crippen molar-refractivity contribution < 1.29 is 14.3 Å². The molecule has 1 heterocycles. The summed E-state index contributed by atoms with van der Waals surface area (Å²) in [6.45, 7) is 7.68. The molecule has 1 fully saturated rings. The molecule has 1 amide bonds. The van der Waals surface area contributed by atoms with Crippen LogP contribution in [0.25, 0.3) is 0 Å². The van der Waals surface area contributed by atoms with Gasteiger partial charge < -0.3 is 20.1 Å². The lowest BCUT2D eigenvalue weighted by atomic mass is 10.1. The highest BCUT2D eigenvalue weighted by Crippen LogP contribution is 2.17. The average Bonchev–Trinajstić information content (AvgIpc) is 2.48. The maximum Gasteiger partial charge on any atom is 0.239 e. The predicted molar refractivity (Wildman–Crippen MR) is 88.7 cm³/mol. The largest absolute Gasteiger partial charge is 0.489 e. The maximum atomic E-state index is 12.1. The first-order valence-electron chi connectivity index (χ1n) is 7.43. The molecule has 1 aliphatic rings. The van der Waals surface area contributed by atoms with E-state index in [0.29, 0.717) is 19.7 Å². The Hall–Kier alpha value is -1.30. The molecule has 3 atom stereocenters. The highest BCUT2D eigenvalue weighted by molar-refractivity contribution is 5.85. The summed E-state index contributed by atoms with van der Waals surface area (Å²) in [5.74, 6) is 0.814. The summed E-state index contributed by atoms with van der Waals surface area (Å²) in [6.07, 6.45) is -0.193. The number of halogens is 1. The molecule has 1 aromatic carbocycles. The van der Waals surface area contributed by atoms with Gasteiger partial charge in [-0.3, -0.25) is 4.79 Å². The van der Waals surface area contributed by atoms with Crippen LogP contribution in [0.3, 0.4) is 0 Å². The van der Waals surface area contributed by atoms with Gasteiger partial charge in [-0.05, 0) is 32.4 Å². The number of rotatable bonds is 5. The molecule has 1 unspecified atom stereocenters. The van der Waals surface area contributed by atoms with Crippen molar-refractivity contribution in [3.05, 3.63) is 29.8 Å². The van der Waals surface area contributed by atoms with Crippen molar-refractivity contribution in [1.29, 1.82) is 0 Å². The number of carbonyl (C=O) groups is 1. The van der Waals surface area contributed by atoms with Crippen molar-refractivity contribution in [3.8, 4) is 5.75 Å². The molecule has 124 valence electrons. The van der Waals surface area contributed by atoms with E-state index < -0.39 is 0 Å². The number of hydrogen-bond acceptors (Lipinski definition) is 4. The number of para-hydroxylation sites is 1. The Morgan fingerprint density at radius 1 is 1.50 bits per heavy atom. The molecule has 0 aliphatic carbocycles. The van der Waals surface area contributed by atoms with E-state index in [0.717, 1.165) is 11.3 Å². The lowest BCUT2D eigenvalue weighted by molar-refractivity contribution is -0.129. The highest BCUT2D eigenvalue weighted by atomic mass is 35.5. The van der Waals surface area contributed by atoms with Crippen LogP contribution in [0.1, 0.15) is 19.4 Å². The molecule has 5 nitrogen and oxygen atoms in total.